The molecule has 0 unspecified atom stereocenters. The summed E-state index contributed by atoms with van der Waals surface area (Å²) in [5.74, 6) is -0.412. The highest BCUT2D eigenvalue weighted by molar-refractivity contribution is 5.89. The van der Waals surface area contributed by atoms with Crippen molar-refractivity contribution < 1.29 is 9.53 Å². The highest BCUT2D eigenvalue weighted by Gasteiger charge is 2.09. The van der Waals surface area contributed by atoms with Crippen LogP contribution in [0.3, 0.4) is 0 Å². The second-order valence-electron chi connectivity index (χ2n) is 4.75. The number of para-hydroxylation sites is 1. The summed E-state index contributed by atoms with van der Waals surface area (Å²) in [4.78, 5) is 16.3. The molecule has 2 aromatic carbocycles. The van der Waals surface area contributed by atoms with Crippen LogP contribution in [0.25, 0.3) is 10.9 Å². The molecule has 0 bridgehead atoms. The van der Waals surface area contributed by atoms with Crippen molar-refractivity contribution >= 4 is 16.9 Å². The molecule has 106 valence electrons. The number of ether oxygens (including phenoxy) is 1. The molecule has 0 atom stereocenters. The molecule has 0 aliphatic heterocycles. The summed E-state index contributed by atoms with van der Waals surface area (Å²) in [6.07, 6.45) is 1.70. The number of nitriles is 1. The van der Waals surface area contributed by atoms with E-state index in [4.69, 9.17) is 10.00 Å². The average Bonchev–Trinajstić information content (AvgIpc) is 2.59. The third-order valence-electron chi connectivity index (χ3n) is 3.35. The van der Waals surface area contributed by atoms with Gasteiger partial charge in [-0.1, -0.05) is 18.2 Å². The third kappa shape index (κ3) is 2.79. The number of carbonyl (C=O) groups is 1. The molecule has 0 fully saturated rings. The molecule has 0 aliphatic rings. The predicted molar refractivity (Wildman–Crippen MR) is 82.0 cm³/mol. The summed E-state index contributed by atoms with van der Waals surface area (Å²) in [5, 5.41) is 9.72. The minimum absolute atomic E-state index is 0.182. The van der Waals surface area contributed by atoms with E-state index in [1.54, 1.807) is 30.5 Å². The average molecular weight is 288 g/mol. The topological polar surface area (TPSA) is 63.0 Å². The van der Waals surface area contributed by atoms with Crippen molar-refractivity contribution in [1.29, 1.82) is 5.26 Å². The van der Waals surface area contributed by atoms with Gasteiger partial charge >= 0.3 is 5.97 Å². The Morgan fingerprint density at radius 3 is 2.64 bits per heavy atom. The molecule has 0 aliphatic carbocycles. The number of nitrogens with zero attached hydrogens (tertiary/aromatic N) is 2. The standard InChI is InChI=1S/C18H12N2O2/c19-11-13-5-7-14(8-6-13)18(21)22-12-15-9-10-20-17-4-2-1-3-16(15)17/h1-10H,12H2. The minimum atomic E-state index is -0.412. The van der Waals surface area contributed by atoms with E-state index in [9.17, 15) is 4.79 Å². The summed E-state index contributed by atoms with van der Waals surface area (Å²) < 4.78 is 5.35. The summed E-state index contributed by atoms with van der Waals surface area (Å²) in [6.45, 7) is 0.182. The molecule has 3 aromatic rings. The van der Waals surface area contributed by atoms with E-state index >= 15 is 0 Å². The van der Waals surface area contributed by atoms with Crippen LogP contribution >= 0.6 is 0 Å². The van der Waals surface area contributed by atoms with Gasteiger partial charge in [0.1, 0.15) is 6.61 Å². The first-order valence-corrected chi connectivity index (χ1v) is 6.78. The highest BCUT2D eigenvalue weighted by atomic mass is 16.5. The largest absolute Gasteiger partial charge is 0.457 e. The zero-order valence-corrected chi connectivity index (χ0v) is 11.7. The molecule has 4 heteroatoms. The van der Waals surface area contributed by atoms with Crippen molar-refractivity contribution in [3.8, 4) is 6.07 Å². The van der Waals surface area contributed by atoms with Gasteiger partial charge in [-0.15, -0.1) is 0 Å². The zero-order valence-electron chi connectivity index (χ0n) is 11.7. The molecular formula is C18H12N2O2. The van der Waals surface area contributed by atoms with Crippen LogP contribution in [0.2, 0.25) is 0 Å². The molecular weight excluding hydrogens is 276 g/mol. The Labute approximate surface area is 127 Å². The fraction of sp³-hybridized carbons (Fsp3) is 0.0556. The highest BCUT2D eigenvalue weighted by Crippen LogP contribution is 2.17. The molecule has 0 spiro atoms. The minimum Gasteiger partial charge on any atom is -0.457 e. The second kappa shape index (κ2) is 6.06. The lowest BCUT2D eigenvalue weighted by atomic mass is 10.1. The Morgan fingerprint density at radius 2 is 1.86 bits per heavy atom. The SMILES string of the molecule is N#Cc1ccc(C(=O)OCc2ccnc3ccccc23)cc1. The first kappa shape index (κ1) is 13.8. The smallest absolute Gasteiger partial charge is 0.338 e. The second-order valence-corrected chi connectivity index (χ2v) is 4.75. The predicted octanol–water partition coefficient (Wildman–Crippen LogP) is 3.46. The molecule has 0 saturated heterocycles. The van der Waals surface area contributed by atoms with Gasteiger partial charge in [-0.3, -0.25) is 4.98 Å². The van der Waals surface area contributed by atoms with Crippen LogP contribution in [0, 0.1) is 11.3 Å². The summed E-state index contributed by atoms with van der Waals surface area (Å²) in [6, 6.07) is 17.9. The maximum Gasteiger partial charge on any atom is 0.338 e. The molecule has 0 amide bonds. The van der Waals surface area contributed by atoms with Gasteiger partial charge in [0.15, 0.2) is 0 Å². The monoisotopic (exact) mass is 288 g/mol. The number of esters is 1. The van der Waals surface area contributed by atoms with Gasteiger partial charge in [0.05, 0.1) is 22.7 Å². The Morgan fingerprint density at radius 1 is 1.09 bits per heavy atom. The van der Waals surface area contributed by atoms with Gasteiger partial charge in [0.25, 0.3) is 0 Å². The first-order chi connectivity index (χ1) is 10.8. The number of fused-ring (bicyclic) bond motifs is 1. The van der Waals surface area contributed by atoms with Crippen molar-refractivity contribution in [3.05, 3.63) is 77.5 Å². The van der Waals surface area contributed by atoms with Crippen LogP contribution in [0.5, 0.6) is 0 Å². The summed E-state index contributed by atoms with van der Waals surface area (Å²) in [7, 11) is 0. The molecule has 0 N–H and O–H groups in total. The van der Waals surface area contributed by atoms with Gasteiger partial charge in [0.2, 0.25) is 0 Å². The van der Waals surface area contributed by atoms with E-state index in [0.717, 1.165) is 16.5 Å². The number of benzene rings is 2. The van der Waals surface area contributed by atoms with Gasteiger partial charge in [0, 0.05) is 17.1 Å². The van der Waals surface area contributed by atoms with Crippen molar-refractivity contribution in [2.45, 2.75) is 6.61 Å². The normalized spacial score (nSPS) is 10.1. The molecule has 3 rings (SSSR count). The van der Waals surface area contributed by atoms with E-state index in [0.29, 0.717) is 11.1 Å². The number of pyridine rings is 1. The third-order valence-corrected chi connectivity index (χ3v) is 3.35. The fourth-order valence-electron chi connectivity index (χ4n) is 2.19. The van der Waals surface area contributed by atoms with Gasteiger partial charge in [-0.05, 0) is 36.4 Å². The maximum atomic E-state index is 12.0. The summed E-state index contributed by atoms with van der Waals surface area (Å²) >= 11 is 0. The molecule has 22 heavy (non-hydrogen) atoms. The quantitative estimate of drug-likeness (QED) is 0.692. The number of hydrogen-bond donors (Lipinski definition) is 0. The molecule has 4 nitrogen and oxygen atoms in total. The molecule has 0 radical (unpaired) electrons. The van der Waals surface area contributed by atoms with E-state index < -0.39 is 5.97 Å². The van der Waals surface area contributed by atoms with E-state index in [1.807, 2.05) is 36.4 Å². The number of aromatic nitrogens is 1. The summed E-state index contributed by atoms with van der Waals surface area (Å²) in [5.41, 5.74) is 2.72. The van der Waals surface area contributed by atoms with Gasteiger partial charge in [-0.25, -0.2) is 4.79 Å². The van der Waals surface area contributed by atoms with Gasteiger partial charge in [-0.2, -0.15) is 5.26 Å². The van der Waals surface area contributed by atoms with Crippen LogP contribution in [-0.4, -0.2) is 11.0 Å². The Balaban J connectivity index is 1.76. The van der Waals surface area contributed by atoms with Crippen molar-refractivity contribution in [2.75, 3.05) is 0 Å². The van der Waals surface area contributed by atoms with Crippen LogP contribution < -0.4 is 0 Å². The number of carbonyl (C=O) groups excluding carboxylic acids is 1. The fourth-order valence-corrected chi connectivity index (χ4v) is 2.19. The van der Waals surface area contributed by atoms with Crippen LogP contribution in [0.1, 0.15) is 21.5 Å². The van der Waals surface area contributed by atoms with Crippen LogP contribution in [-0.2, 0) is 11.3 Å². The van der Waals surface area contributed by atoms with Crippen LogP contribution in [0.4, 0.5) is 0 Å². The zero-order chi connectivity index (χ0) is 15.4. The lowest BCUT2D eigenvalue weighted by molar-refractivity contribution is 0.0474. The lowest BCUT2D eigenvalue weighted by Gasteiger charge is -2.07. The van der Waals surface area contributed by atoms with Crippen LogP contribution in [0.15, 0.2) is 60.8 Å². The molecule has 1 heterocycles. The maximum absolute atomic E-state index is 12.0. The first-order valence-electron chi connectivity index (χ1n) is 6.78. The van der Waals surface area contributed by atoms with Gasteiger partial charge < -0.3 is 4.74 Å². The number of rotatable bonds is 3. The van der Waals surface area contributed by atoms with Crippen molar-refractivity contribution in [1.82, 2.24) is 4.98 Å². The van der Waals surface area contributed by atoms with E-state index in [1.165, 1.54) is 0 Å². The Bertz CT molecular complexity index is 859. The van der Waals surface area contributed by atoms with Crippen molar-refractivity contribution in [2.24, 2.45) is 0 Å². The van der Waals surface area contributed by atoms with E-state index in [2.05, 4.69) is 4.98 Å². The molecule has 1 aromatic heterocycles. The lowest BCUT2D eigenvalue weighted by Crippen LogP contribution is -2.05. The number of hydrogen-bond acceptors (Lipinski definition) is 4. The Hall–Kier alpha value is -3.19. The molecule has 0 saturated carbocycles. The van der Waals surface area contributed by atoms with Crippen molar-refractivity contribution in [3.63, 3.8) is 0 Å². The Kier molecular flexibility index (Phi) is 3.80. The van der Waals surface area contributed by atoms with E-state index in [-0.39, 0.29) is 6.61 Å².